The van der Waals surface area contributed by atoms with Crippen LogP contribution in [0.15, 0.2) is 59.6 Å². The first-order valence-electron chi connectivity index (χ1n) is 9.78. The Balaban J connectivity index is 1.67. The number of aliphatic hydroxyl groups is 1. The average Bonchev–Trinajstić information content (AvgIpc) is 2.70. The largest absolute Gasteiger partial charge is 0.457 e. The molecule has 0 amide bonds. The quantitative estimate of drug-likeness (QED) is 0.536. The molecule has 1 aliphatic rings. The number of nitrogens with zero attached hydrogens (tertiary/aromatic N) is 1. The Labute approximate surface area is 161 Å². The monoisotopic (exact) mass is 367 g/mol. The number of hydrogen-bond acceptors (Lipinski definition) is 3. The van der Waals surface area contributed by atoms with Crippen molar-refractivity contribution in [1.29, 1.82) is 0 Å². The molecule has 0 aliphatic heterocycles. The number of benzene rings is 2. The fourth-order valence-corrected chi connectivity index (χ4v) is 3.25. The second-order valence-corrected chi connectivity index (χ2v) is 6.87. The Morgan fingerprint density at radius 1 is 1.04 bits per heavy atom. The maximum atomic E-state index is 9.68. The van der Waals surface area contributed by atoms with E-state index in [1.807, 2.05) is 54.6 Å². The van der Waals surface area contributed by atoms with Crippen molar-refractivity contribution in [3.8, 4) is 11.5 Å². The van der Waals surface area contributed by atoms with E-state index in [9.17, 15) is 5.11 Å². The predicted molar refractivity (Wildman–Crippen MR) is 109 cm³/mol. The van der Waals surface area contributed by atoms with Crippen LogP contribution in [0.4, 0.5) is 0 Å². The molecule has 0 bridgehead atoms. The van der Waals surface area contributed by atoms with Gasteiger partial charge >= 0.3 is 0 Å². The van der Waals surface area contributed by atoms with Gasteiger partial charge in [0.2, 0.25) is 0 Å². The Morgan fingerprint density at radius 3 is 2.48 bits per heavy atom. The molecule has 0 radical (unpaired) electrons. The van der Waals surface area contributed by atoms with Crippen LogP contribution in [-0.4, -0.2) is 29.8 Å². The molecule has 0 saturated heterocycles. The molecule has 3 N–H and O–H groups in total. The molecule has 0 heterocycles. The van der Waals surface area contributed by atoms with Gasteiger partial charge in [-0.15, -0.1) is 0 Å². The van der Waals surface area contributed by atoms with Crippen LogP contribution in [0, 0.1) is 0 Å². The van der Waals surface area contributed by atoms with Gasteiger partial charge in [0.1, 0.15) is 11.5 Å². The SMILES string of the molecule is CCNC(=NCc1ccccc1Oc1ccccc1)NC1CCC(O)CC1. The molecule has 1 fully saturated rings. The molecule has 2 aromatic rings. The normalized spacial score (nSPS) is 20.1. The van der Waals surface area contributed by atoms with Gasteiger partial charge in [0.25, 0.3) is 0 Å². The molecule has 1 aliphatic carbocycles. The maximum absolute atomic E-state index is 9.68. The molecule has 2 aromatic carbocycles. The Morgan fingerprint density at radius 2 is 1.74 bits per heavy atom. The molecular formula is C22H29N3O2. The molecule has 27 heavy (non-hydrogen) atoms. The highest BCUT2D eigenvalue weighted by Gasteiger charge is 2.20. The number of aliphatic hydroxyl groups excluding tert-OH is 1. The lowest BCUT2D eigenvalue weighted by atomic mass is 9.93. The highest BCUT2D eigenvalue weighted by atomic mass is 16.5. The van der Waals surface area contributed by atoms with Crippen molar-refractivity contribution >= 4 is 5.96 Å². The molecule has 3 rings (SSSR count). The third-order valence-corrected chi connectivity index (χ3v) is 4.73. The number of hydrogen-bond donors (Lipinski definition) is 3. The molecule has 144 valence electrons. The Hall–Kier alpha value is -2.53. The zero-order valence-electron chi connectivity index (χ0n) is 15.9. The molecule has 5 heteroatoms. The topological polar surface area (TPSA) is 65.9 Å². The summed E-state index contributed by atoms with van der Waals surface area (Å²) in [4.78, 5) is 4.75. The summed E-state index contributed by atoms with van der Waals surface area (Å²) in [6, 6.07) is 18.2. The summed E-state index contributed by atoms with van der Waals surface area (Å²) in [5.41, 5.74) is 1.04. The van der Waals surface area contributed by atoms with E-state index < -0.39 is 0 Å². The minimum absolute atomic E-state index is 0.149. The van der Waals surface area contributed by atoms with Gasteiger partial charge in [0.05, 0.1) is 12.6 Å². The zero-order valence-corrected chi connectivity index (χ0v) is 15.9. The van der Waals surface area contributed by atoms with Gasteiger partial charge in [-0.25, -0.2) is 4.99 Å². The number of rotatable bonds is 6. The fourth-order valence-electron chi connectivity index (χ4n) is 3.25. The second kappa shape index (κ2) is 9.97. The molecule has 0 spiro atoms. The van der Waals surface area contributed by atoms with Crippen LogP contribution < -0.4 is 15.4 Å². The van der Waals surface area contributed by atoms with Gasteiger partial charge in [-0.2, -0.15) is 0 Å². The molecule has 0 atom stereocenters. The van der Waals surface area contributed by atoms with E-state index in [1.54, 1.807) is 0 Å². The summed E-state index contributed by atoms with van der Waals surface area (Å²) < 4.78 is 6.03. The first-order valence-corrected chi connectivity index (χ1v) is 9.78. The highest BCUT2D eigenvalue weighted by Crippen LogP contribution is 2.25. The summed E-state index contributed by atoms with van der Waals surface area (Å²) in [6.45, 7) is 3.41. The van der Waals surface area contributed by atoms with Gasteiger partial charge in [0.15, 0.2) is 5.96 Å². The Kier molecular flexibility index (Phi) is 7.11. The lowest BCUT2D eigenvalue weighted by Crippen LogP contribution is -2.45. The number of aliphatic imine (C=N–C) groups is 1. The molecule has 5 nitrogen and oxygen atoms in total. The van der Waals surface area contributed by atoms with Crippen molar-refractivity contribution < 1.29 is 9.84 Å². The van der Waals surface area contributed by atoms with E-state index in [0.717, 1.165) is 55.3 Å². The Bertz CT molecular complexity index is 725. The number of ether oxygens (including phenoxy) is 1. The van der Waals surface area contributed by atoms with Crippen molar-refractivity contribution in [3.05, 3.63) is 60.2 Å². The van der Waals surface area contributed by atoms with Crippen LogP contribution in [0.2, 0.25) is 0 Å². The van der Waals surface area contributed by atoms with Gasteiger partial charge in [-0.1, -0.05) is 36.4 Å². The van der Waals surface area contributed by atoms with E-state index >= 15 is 0 Å². The third kappa shape index (κ3) is 6.00. The van der Waals surface area contributed by atoms with E-state index in [0.29, 0.717) is 12.6 Å². The van der Waals surface area contributed by atoms with Crippen molar-refractivity contribution in [2.75, 3.05) is 6.54 Å². The van der Waals surface area contributed by atoms with E-state index in [2.05, 4.69) is 17.6 Å². The van der Waals surface area contributed by atoms with E-state index in [4.69, 9.17) is 9.73 Å². The van der Waals surface area contributed by atoms with Crippen LogP contribution in [0.1, 0.15) is 38.2 Å². The van der Waals surface area contributed by atoms with Crippen LogP contribution in [-0.2, 0) is 6.54 Å². The summed E-state index contributed by atoms with van der Waals surface area (Å²) in [7, 11) is 0. The third-order valence-electron chi connectivity index (χ3n) is 4.73. The van der Waals surface area contributed by atoms with Gasteiger partial charge in [-0.05, 0) is 50.8 Å². The van der Waals surface area contributed by atoms with Gasteiger partial charge in [-0.3, -0.25) is 0 Å². The first-order chi connectivity index (χ1) is 13.2. The smallest absolute Gasteiger partial charge is 0.191 e. The van der Waals surface area contributed by atoms with Gasteiger partial charge in [0, 0.05) is 18.2 Å². The predicted octanol–water partition coefficient (Wildman–Crippen LogP) is 3.84. The molecular weight excluding hydrogens is 338 g/mol. The fraction of sp³-hybridized carbons (Fsp3) is 0.409. The number of para-hydroxylation sites is 2. The van der Waals surface area contributed by atoms with E-state index in [-0.39, 0.29) is 6.10 Å². The lowest BCUT2D eigenvalue weighted by molar-refractivity contribution is 0.120. The zero-order chi connectivity index (χ0) is 18.9. The van der Waals surface area contributed by atoms with Crippen molar-refractivity contribution in [1.82, 2.24) is 10.6 Å². The summed E-state index contributed by atoms with van der Waals surface area (Å²) in [6.07, 6.45) is 3.50. The van der Waals surface area contributed by atoms with Crippen molar-refractivity contribution in [3.63, 3.8) is 0 Å². The van der Waals surface area contributed by atoms with Crippen LogP contribution >= 0.6 is 0 Å². The molecule has 0 unspecified atom stereocenters. The summed E-state index contributed by atoms with van der Waals surface area (Å²) >= 11 is 0. The highest BCUT2D eigenvalue weighted by molar-refractivity contribution is 5.80. The minimum atomic E-state index is -0.149. The van der Waals surface area contributed by atoms with Crippen LogP contribution in [0.25, 0.3) is 0 Å². The van der Waals surface area contributed by atoms with Gasteiger partial charge < -0.3 is 20.5 Å². The van der Waals surface area contributed by atoms with Crippen LogP contribution in [0.3, 0.4) is 0 Å². The molecule has 1 saturated carbocycles. The molecule has 0 aromatic heterocycles. The maximum Gasteiger partial charge on any atom is 0.191 e. The summed E-state index contributed by atoms with van der Waals surface area (Å²) in [5, 5.41) is 16.5. The van der Waals surface area contributed by atoms with Crippen molar-refractivity contribution in [2.45, 2.75) is 51.3 Å². The average molecular weight is 367 g/mol. The number of nitrogens with one attached hydrogen (secondary N) is 2. The second-order valence-electron chi connectivity index (χ2n) is 6.87. The lowest BCUT2D eigenvalue weighted by Gasteiger charge is -2.27. The minimum Gasteiger partial charge on any atom is -0.457 e. The van der Waals surface area contributed by atoms with E-state index in [1.165, 1.54) is 0 Å². The van der Waals surface area contributed by atoms with Crippen LogP contribution in [0.5, 0.6) is 11.5 Å². The van der Waals surface area contributed by atoms with Crippen molar-refractivity contribution in [2.24, 2.45) is 4.99 Å². The standard InChI is InChI=1S/C22H29N3O2/c1-2-23-22(25-18-12-14-19(26)15-13-18)24-16-17-8-6-7-11-21(17)27-20-9-4-3-5-10-20/h3-11,18-19,26H,2,12-16H2,1H3,(H2,23,24,25). The summed E-state index contributed by atoms with van der Waals surface area (Å²) in [5.74, 6) is 2.46. The first kappa shape index (κ1) is 19.2. The number of guanidine groups is 1.